The Morgan fingerprint density at radius 2 is 0.850 bits per heavy atom. The summed E-state index contributed by atoms with van der Waals surface area (Å²) in [4.78, 5) is 0. The molecule has 20 heavy (non-hydrogen) atoms. The van der Waals surface area contributed by atoms with E-state index in [-0.39, 0.29) is 0 Å². The molecule has 0 fully saturated rings. The molecule has 0 radical (unpaired) electrons. The molecule has 104 valence electrons. The molecule has 0 saturated carbocycles. The summed E-state index contributed by atoms with van der Waals surface area (Å²) >= 11 is 0. The normalized spacial score (nSPS) is 10.8. The molecule has 2 aromatic carbocycles. The van der Waals surface area contributed by atoms with E-state index in [2.05, 4.69) is 38.1 Å². The fraction of sp³-hybridized carbons (Fsp3) is 0.333. The Morgan fingerprint density at radius 3 is 1.10 bits per heavy atom. The van der Waals surface area contributed by atoms with Crippen LogP contribution in [0.2, 0.25) is 0 Å². The zero-order valence-electron chi connectivity index (χ0n) is 13.3. The van der Waals surface area contributed by atoms with Crippen LogP contribution in [0.15, 0.2) is 24.3 Å². The summed E-state index contributed by atoms with van der Waals surface area (Å²) < 4.78 is 15.2. The predicted molar refractivity (Wildman–Crippen MR) is 87.4 cm³/mol. The van der Waals surface area contributed by atoms with Gasteiger partial charge in [-0.15, -0.1) is 0 Å². The summed E-state index contributed by atoms with van der Waals surface area (Å²) in [6.07, 6.45) is 0. The van der Waals surface area contributed by atoms with Gasteiger partial charge in [-0.25, -0.2) is 0 Å². The molecule has 0 saturated heterocycles. The van der Waals surface area contributed by atoms with E-state index in [1.54, 1.807) is 0 Å². The molecule has 0 N–H and O–H groups in total. The maximum atomic E-state index is 15.2. The van der Waals surface area contributed by atoms with Crippen LogP contribution in [0.5, 0.6) is 0 Å². The molecular weight excluding hydrogens is 246 g/mol. The first-order chi connectivity index (χ1) is 9.31. The highest BCUT2D eigenvalue weighted by molar-refractivity contribution is 6.80. The van der Waals surface area contributed by atoms with Gasteiger partial charge in [-0.2, -0.15) is 0 Å². The first kappa shape index (κ1) is 14.8. The van der Waals surface area contributed by atoms with Crippen molar-refractivity contribution in [2.75, 3.05) is 0 Å². The van der Waals surface area contributed by atoms with Gasteiger partial charge in [-0.05, 0) is 52.5 Å². The van der Waals surface area contributed by atoms with Gasteiger partial charge >= 0.3 is 6.99 Å². The van der Waals surface area contributed by atoms with Crippen molar-refractivity contribution in [3.63, 3.8) is 0 Å². The first-order valence-corrected chi connectivity index (χ1v) is 7.10. The van der Waals surface area contributed by atoms with Crippen LogP contribution < -0.4 is 10.9 Å². The predicted octanol–water partition coefficient (Wildman–Crippen LogP) is 3.61. The molecule has 0 amide bonds. The summed E-state index contributed by atoms with van der Waals surface area (Å²) in [7, 11) is 0. The summed E-state index contributed by atoms with van der Waals surface area (Å²) in [5, 5.41) is 0. The van der Waals surface area contributed by atoms with Crippen molar-refractivity contribution in [2.45, 2.75) is 41.5 Å². The van der Waals surface area contributed by atoms with E-state index in [0.717, 1.165) is 33.2 Å². The minimum atomic E-state index is -1.05. The third-order valence-corrected chi connectivity index (χ3v) is 3.98. The second kappa shape index (κ2) is 5.44. The van der Waals surface area contributed by atoms with Crippen LogP contribution >= 0.6 is 0 Å². The van der Waals surface area contributed by atoms with Crippen LogP contribution in [0, 0.1) is 41.5 Å². The molecule has 0 nitrogen and oxygen atoms in total. The Hall–Kier alpha value is -1.57. The van der Waals surface area contributed by atoms with Gasteiger partial charge in [0.25, 0.3) is 0 Å². The zero-order chi connectivity index (χ0) is 15.0. The molecule has 2 aromatic rings. The fourth-order valence-electron chi connectivity index (χ4n) is 3.33. The minimum Gasteiger partial charge on any atom is -0.322 e. The van der Waals surface area contributed by atoms with Gasteiger partial charge in [0.15, 0.2) is 0 Å². The molecule has 0 aromatic heterocycles. The summed E-state index contributed by atoms with van der Waals surface area (Å²) in [6, 6.07) is 8.25. The second-order valence-corrected chi connectivity index (χ2v) is 5.99. The van der Waals surface area contributed by atoms with Crippen molar-refractivity contribution in [3.8, 4) is 0 Å². The molecule has 0 aliphatic heterocycles. The lowest BCUT2D eigenvalue weighted by molar-refractivity contribution is 0.862. The first-order valence-electron chi connectivity index (χ1n) is 7.10. The Morgan fingerprint density at radius 1 is 0.600 bits per heavy atom. The molecule has 0 bridgehead atoms. The lowest BCUT2D eigenvalue weighted by Crippen LogP contribution is -2.44. The van der Waals surface area contributed by atoms with Gasteiger partial charge in [-0.3, -0.25) is 0 Å². The van der Waals surface area contributed by atoms with Crippen molar-refractivity contribution >= 4 is 17.9 Å². The molecule has 0 aliphatic rings. The maximum absolute atomic E-state index is 15.2. The number of hydrogen-bond donors (Lipinski definition) is 0. The Bertz CT molecular complexity index is 555. The van der Waals surface area contributed by atoms with E-state index in [0.29, 0.717) is 0 Å². The van der Waals surface area contributed by atoms with E-state index in [4.69, 9.17) is 0 Å². The monoisotopic (exact) mass is 268 g/mol. The zero-order valence-corrected chi connectivity index (χ0v) is 13.3. The van der Waals surface area contributed by atoms with Crippen molar-refractivity contribution in [1.82, 2.24) is 0 Å². The van der Waals surface area contributed by atoms with Crippen LogP contribution in [0.3, 0.4) is 0 Å². The fourth-order valence-corrected chi connectivity index (χ4v) is 3.33. The van der Waals surface area contributed by atoms with Gasteiger partial charge in [0.05, 0.1) is 0 Å². The highest BCUT2D eigenvalue weighted by Gasteiger charge is 2.27. The minimum absolute atomic E-state index is 0.825. The number of rotatable bonds is 2. The van der Waals surface area contributed by atoms with Gasteiger partial charge < -0.3 is 4.32 Å². The van der Waals surface area contributed by atoms with Crippen LogP contribution in [-0.2, 0) is 0 Å². The van der Waals surface area contributed by atoms with Crippen LogP contribution in [0.25, 0.3) is 0 Å². The number of benzene rings is 2. The van der Waals surface area contributed by atoms with Crippen LogP contribution in [0.4, 0.5) is 4.32 Å². The van der Waals surface area contributed by atoms with E-state index in [1.807, 2.05) is 27.7 Å². The summed E-state index contributed by atoms with van der Waals surface area (Å²) in [6.45, 7) is 11.1. The van der Waals surface area contributed by atoms with E-state index < -0.39 is 6.99 Å². The lowest BCUT2D eigenvalue weighted by Gasteiger charge is -2.17. The van der Waals surface area contributed by atoms with Gasteiger partial charge in [-0.1, -0.05) is 57.6 Å². The standard InChI is InChI=1S/C18H22BF/c1-11-7-13(3)17(14(4)8-11)19(20)18-15(5)9-12(2)10-16(18)6/h7-10H,1-6H3. The molecule has 0 atom stereocenters. The topological polar surface area (TPSA) is 0 Å². The Kier molecular flexibility index (Phi) is 4.03. The lowest BCUT2D eigenvalue weighted by atomic mass is 9.53. The Balaban J connectivity index is 2.61. The number of halogens is 1. The van der Waals surface area contributed by atoms with Crippen molar-refractivity contribution in [3.05, 3.63) is 57.6 Å². The average Bonchev–Trinajstić information content (AvgIpc) is 2.25. The third-order valence-electron chi connectivity index (χ3n) is 3.98. The summed E-state index contributed by atoms with van der Waals surface area (Å²) in [5.74, 6) is 0. The quantitative estimate of drug-likeness (QED) is 0.730. The number of aryl methyl sites for hydroxylation is 6. The molecule has 0 spiro atoms. The van der Waals surface area contributed by atoms with E-state index in [9.17, 15) is 0 Å². The largest absolute Gasteiger partial charge is 0.414 e. The molecule has 2 heteroatoms. The maximum Gasteiger partial charge on any atom is 0.414 e. The van der Waals surface area contributed by atoms with Crippen LogP contribution in [-0.4, -0.2) is 6.99 Å². The SMILES string of the molecule is Cc1cc(C)c(B(F)c2c(C)cc(C)cc2C)c(C)c1. The van der Waals surface area contributed by atoms with E-state index >= 15 is 4.32 Å². The molecule has 0 aliphatic carbocycles. The van der Waals surface area contributed by atoms with Gasteiger partial charge in [0.2, 0.25) is 0 Å². The molecule has 0 heterocycles. The third kappa shape index (κ3) is 2.65. The Labute approximate surface area is 122 Å². The van der Waals surface area contributed by atoms with Crippen molar-refractivity contribution < 1.29 is 4.32 Å². The number of hydrogen-bond acceptors (Lipinski definition) is 0. The van der Waals surface area contributed by atoms with Gasteiger partial charge in [0, 0.05) is 0 Å². The van der Waals surface area contributed by atoms with E-state index in [1.165, 1.54) is 11.1 Å². The summed E-state index contributed by atoms with van der Waals surface area (Å²) in [5.41, 5.74) is 8.17. The second-order valence-electron chi connectivity index (χ2n) is 5.99. The molecule has 2 rings (SSSR count). The average molecular weight is 268 g/mol. The van der Waals surface area contributed by atoms with Gasteiger partial charge in [0.1, 0.15) is 0 Å². The molecule has 0 unspecified atom stereocenters. The highest BCUT2D eigenvalue weighted by Crippen LogP contribution is 2.12. The van der Waals surface area contributed by atoms with Crippen LogP contribution in [0.1, 0.15) is 33.4 Å². The van der Waals surface area contributed by atoms with Crippen molar-refractivity contribution in [1.29, 1.82) is 0 Å². The highest BCUT2D eigenvalue weighted by atomic mass is 19.1. The molecular formula is C18H22BF. The smallest absolute Gasteiger partial charge is 0.322 e. The van der Waals surface area contributed by atoms with Crippen molar-refractivity contribution in [2.24, 2.45) is 0 Å².